The molecule has 0 bridgehead atoms. The molecule has 1 unspecified atom stereocenters. The summed E-state index contributed by atoms with van der Waals surface area (Å²) in [4.78, 5) is 2.31. The molecule has 0 aliphatic carbocycles. The van der Waals surface area contributed by atoms with Crippen LogP contribution in [0.5, 0.6) is 11.5 Å². The van der Waals surface area contributed by atoms with Gasteiger partial charge in [-0.25, -0.2) is 0 Å². The summed E-state index contributed by atoms with van der Waals surface area (Å²) in [6.07, 6.45) is 0. The van der Waals surface area contributed by atoms with E-state index in [1.54, 1.807) is 23.1 Å². The molecular formula is C14H14ClNO2S2. The van der Waals surface area contributed by atoms with Gasteiger partial charge >= 0.3 is 0 Å². The number of benzene rings is 1. The molecule has 2 N–H and O–H groups in total. The summed E-state index contributed by atoms with van der Waals surface area (Å²) < 4.78 is 11.9. The van der Waals surface area contributed by atoms with E-state index >= 15 is 0 Å². The Bertz CT molecular complexity index is 603. The summed E-state index contributed by atoms with van der Waals surface area (Å²) in [5, 5.41) is 0.204. The Morgan fingerprint density at radius 3 is 2.70 bits per heavy atom. The smallest absolute Gasteiger partial charge is 0.162 e. The van der Waals surface area contributed by atoms with Crippen LogP contribution in [0.4, 0.5) is 0 Å². The molecule has 6 heteroatoms. The van der Waals surface area contributed by atoms with Gasteiger partial charge in [-0.15, -0.1) is 23.1 Å². The molecule has 0 fully saturated rings. The summed E-state index contributed by atoms with van der Waals surface area (Å²) in [7, 11) is 0. The van der Waals surface area contributed by atoms with E-state index in [1.807, 2.05) is 30.3 Å². The third kappa shape index (κ3) is 3.06. The Kier molecular flexibility index (Phi) is 4.41. The number of hydrogen-bond donors (Lipinski definition) is 1. The van der Waals surface area contributed by atoms with Crippen molar-refractivity contribution >= 4 is 34.7 Å². The molecule has 0 saturated carbocycles. The first-order valence-corrected chi connectivity index (χ1v) is 8.35. The van der Waals surface area contributed by atoms with Crippen LogP contribution >= 0.6 is 34.7 Å². The van der Waals surface area contributed by atoms with Crippen LogP contribution in [0.25, 0.3) is 0 Å². The number of thioether (sulfide) groups is 1. The lowest BCUT2D eigenvalue weighted by atomic mass is 10.3. The van der Waals surface area contributed by atoms with Crippen molar-refractivity contribution in [3.05, 3.63) is 39.5 Å². The maximum Gasteiger partial charge on any atom is 0.162 e. The summed E-state index contributed by atoms with van der Waals surface area (Å²) in [5.41, 5.74) is 5.89. The quantitative estimate of drug-likeness (QED) is 0.863. The Hall–Kier alpha value is -0.880. The summed E-state index contributed by atoms with van der Waals surface area (Å²) >= 11 is 9.29. The Morgan fingerprint density at radius 1 is 1.20 bits per heavy atom. The Morgan fingerprint density at radius 2 is 2.00 bits per heavy atom. The molecule has 0 amide bonds. The van der Waals surface area contributed by atoms with Crippen LogP contribution in [-0.4, -0.2) is 19.8 Å². The number of ether oxygens (including phenoxy) is 2. The molecular weight excluding hydrogens is 314 g/mol. The normalized spacial score (nSPS) is 15.1. The van der Waals surface area contributed by atoms with Crippen molar-refractivity contribution in [2.75, 3.05) is 19.8 Å². The number of fused-ring (bicyclic) bond motifs is 1. The van der Waals surface area contributed by atoms with Gasteiger partial charge < -0.3 is 15.2 Å². The van der Waals surface area contributed by atoms with Crippen LogP contribution in [0.1, 0.15) is 10.1 Å². The van der Waals surface area contributed by atoms with E-state index in [9.17, 15) is 0 Å². The van der Waals surface area contributed by atoms with Crippen molar-refractivity contribution in [3.63, 3.8) is 0 Å². The predicted molar refractivity (Wildman–Crippen MR) is 84.4 cm³/mol. The fraction of sp³-hybridized carbons (Fsp3) is 0.286. The highest BCUT2D eigenvalue weighted by Gasteiger charge is 2.17. The van der Waals surface area contributed by atoms with Gasteiger partial charge in [-0.2, -0.15) is 0 Å². The first-order valence-electron chi connectivity index (χ1n) is 6.28. The van der Waals surface area contributed by atoms with Crippen molar-refractivity contribution in [2.45, 2.75) is 10.1 Å². The summed E-state index contributed by atoms with van der Waals surface area (Å²) in [5.74, 6) is 1.62. The van der Waals surface area contributed by atoms with Crippen LogP contribution in [-0.2, 0) is 0 Å². The second-order valence-electron chi connectivity index (χ2n) is 4.29. The zero-order chi connectivity index (χ0) is 13.9. The minimum Gasteiger partial charge on any atom is -0.486 e. The van der Waals surface area contributed by atoms with Crippen molar-refractivity contribution in [2.24, 2.45) is 5.73 Å². The van der Waals surface area contributed by atoms with Gasteiger partial charge in [-0.1, -0.05) is 11.6 Å². The molecule has 1 atom stereocenters. The number of hydrogen-bond acceptors (Lipinski definition) is 5. The summed E-state index contributed by atoms with van der Waals surface area (Å²) in [6.45, 7) is 1.77. The molecule has 1 aromatic carbocycles. The van der Waals surface area contributed by atoms with Gasteiger partial charge in [-0.3, -0.25) is 0 Å². The lowest BCUT2D eigenvalue weighted by Gasteiger charge is -2.19. The lowest BCUT2D eigenvalue weighted by molar-refractivity contribution is 0.171. The van der Waals surface area contributed by atoms with Crippen LogP contribution in [0.2, 0.25) is 4.34 Å². The van der Waals surface area contributed by atoms with Gasteiger partial charge in [-0.05, 0) is 30.3 Å². The molecule has 0 saturated heterocycles. The molecule has 20 heavy (non-hydrogen) atoms. The number of nitrogens with two attached hydrogens (primary N) is 1. The molecule has 0 spiro atoms. The molecule has 106 valence electrons. The highest BCUT2D eigenvalue weighted by Crippen LogP contribution is 2.42. The van der Waals surface area contributed by atoms with Gasteiger partial charge in [0, 0.05) is 16.3 Å². The number of thiophene rings is 1. The highest BCUT2D eigenvalue weighted by molar-refractivity contribution is 7.99. The zero-order valence-electron chi connectivity index (χ0n) is 10.7. The number of rotatable bonds is 4. The third-order valence-electron chi connectivity index (χ3n) is 2.92. The molecule has 2 aromatic rings. The van der Waals surface area contributed by atoms with Crippen molar-refractivity contribution in [3.8, 4) is 11.5 Å². The first kappa shape index (κ1) is 14.1. The molecule has 3 rings (SSSR count). The predicted octanol–water partition coefficient (Wildman–Crippen LogP) is 3.96. The largest absolute Gasteiger partial charge is 0.486 e. The highest BCUT2D eigenvalue weighted by atomic mass is 35.5. The molecule has 1 aliphatic heterocycles. The minimum absolute atomic E-state index is 0.204. The second-order valence-corrected chi connectivity index (χ2v) is 7.31. The maximum atomic E-state index is 5.99. The molecule has 1 aliphatic rings. The average molecular weight is 328 g/mol. The fourth-order valence-corrected chi connectivity index (χ4v) is 4.27. The topological polar surface area (TPSA) is 44.5 Å². The standard InChI is InChI=1S/C14H14ClNO2S2/c15-14-4-3-12(20-14)13(8-16)19-9-1-2-10-11(7-9)18-6-5-17-10/h1-4,7,13H,5-6,8,16H2. The molecule has 1 aromatic heterocycles. The van der Waals surface area contributed by atoms with Crippen LogP contribution < -0.4 is 15.2 Å². The number of halogens is 1. The fourth-order valence-electron chi connectivity index (χ4n) is 1.98. The molecule has 2 heterocycles. The SMILES string of the molecule is NCC(Sc1ccc2c(c1)OCCO2)c1ccc(Cl)s1. The first-order chi connectivity index (χ1) is 9.76. The van der Waals surface area contributed by atoms with E-state index in [0.717, 1.165) is 20.7 Å². The third-order valence-corrected chi connectivity index (χ3v) is 5.67. The van der Waals surface area contributed by atoms with E-state index in [1.165, 1.54) is 4.88 Å². The van der Waals surface area contributed by atoms with Gasteiger partial charge in [0.25, 0.3) is 0 Å². The van der Waals surface area contributed by atoms with Crippen molar-refractivity contribution in [1.82, 2.24) is 0 Å². The van der Waals surface area contributed by atoms with Gasteiger partial charge in [0.05, 0.1) is 9.59 Å². The van der Waals surface area contributed by atoms with Crippen molar-refractivity contribution < 1.29 is 9.47 Å². The lowest BCUT2D eigenvalue weighted by Crippen LogP contribution is -2.15. The van der Waals surface area contributed by atoms with Gasteiger partial charge in [0.2, 0.25) is 0 Å². The van der Waals surface area contributed by atoms with Crippen molar-refractivity contribution in [1.29, 1.82) is 0 Å². The molecule has 0 radical (unpaired) electrons. The van der Waals surface area contributed by atoms with Crippen LogP contribution in [0, 0.1) is 0 Å². The van der Waals surface area contributed by atoms with E-state index in [2.05, 4.69) is 0 Å². The molecule has 3 nitrogen and oxygen atoms in total. The van der Waals surface area contributed by atoms with E-state index in [-0.39, 0.29) is 5.25 Å². The monoisotopic (exact) mass is 327 g/mol. The van der Waals surface area contributed by atoms with Crippen LogP contribution in [0.15, 0.2) is 35.2 Å². The van der Waals surface area contributed by atoms with E-state index in [4.69, 9.17) is 26.8 Å². The Balaban J connectivity index is 1.79. The average Bonchev–Trinajstić information content (AvgIpc) is 2.91. The van der Waals surface area contributed by atoms with Crippen LogP contribution in [0.3, 0.4) is 0 Å². The van der Waals surface area contributed by atoms with E-state index in [0.29, 0.717) is 19.8 Å². The Labute approximate surface area is 131 Å². The zero-order valence-corrected chi connectivity index (χ0v) is 13.1. The maximum absolute atomic E-state index is 5.99. The second kappa shape index (κ2) is 6.26. The van der Waals surface area contributed by atoms with Gasteiger partial charge in [0.1, 0.15) is 13.2 Å². The minimum atomic E-state index is 0.204. The van der Waals surface area contributed by atoms with Gasteiger partial charge in [0.15, 0.2) is 11.5 Å². The van der Waals surface area contributed by atoms with E-state index < -0.39 is 0 Å². The summed E-state index contributed by atoms with van der Waals surface area (Å²) in [6, 6.07) is 9.95.